The van der Waals surface area contributed by atoms with Gasteiger partial charge in [-0.1, -0.05) is 23.2 Å². The van der Waals surface area contributed by atoms with E-state index < -0.39 is 6.10 Å². The Balaban J connectivity index is 1.98. The molecule has 3 nitrogen and oxygen atoms in total. The fourth-order valence-electron chi connectivity index (χ4n) is 2.21. The molecule has 1 fully saturated rings. The number of hydrogen-bond acceptors (Lipinski definition) is 3. The maximum atomic E-state index is 10.2. The van der Waals surface area contributed by atoms with Crippen LogP contribution in [-0.2, 0) is 0 Å². The third-order valence-corrected chi connectivity index (χ3v) is 3.88. The monoisotopic (exact) mass is 289 g/mol. The van der Waals surface area contributed by atoms with Gasteiger partial charge in [0, 0.05) is 35.2 Å². The molecule has 1 aliphatic heterocycles. The van der Waals surface area contributed by atoms with E-state index in [9.17, 15) is 10.2 Å². The standard InChI is InChI=1S/C13H17Cl2NO2/c14-9-1-2-12(15)11(7-9)13(18)8-16-5-3-10(17)4-6-16/h1-2,7,10,13,17-18H,3-6,8H2. The SMILES string of the molecule is OC1CCN(CC(O)c2cc(Cl)ccc2Cl)CC1. The summed E-state index contributed by atoms with van der Waals surface area (Å²) in [5.41, 5.74) is 0.662. The second kappa shape index (κ2) is 6.22. The van der Waals surface area contributed by atoms with Crippen molar-refractivity contribution in [1.82, 2.24) is 4.90 Å². The van der Waals surface area contributed by atoms with Gasteiger partial charge >= 0.3 is 0 Å². The van der Waals surface area contributed by atoms with E-state index in [2.05, 4.69) is 4.90 Å². The van der Waals surface area contributed by atoms with Gasteiger partial charge < -0.3 is 15.1 Å². The average molecular weight is 290 g/mol. The fraction of sp³-hybridized carbons (Fsp3) is 0.538. The minimum Gasteiger partial charge on any atom is -0.393 e. The Morgan fingerprint density at radius 1 is 1.28 bits per heavy atom. The van der Waals surface area contributed by atoms with Crippen molar-refractivity contribution in [2.24, 2.45) is 0 Å². The lowest BCUT2D eigenvalue weighted by molar-refractivity contribution is 0.0508. The molecule has 1 heterocycles. The van der Waals surface area contributed by atoms with E-state index in [1.54, 1.807) is 18.2 Å². The molecule has 100 valence electrons. The van der Waals surface area contributed by atoms with Crippen LogP contribution in [0.1, 0.15) is 24.5 Å². The summed E-state index contributed by atoms with van der Waals surface area (Å²) in [5, 5.41) is 20.7. The number of rotatable bonds is 3. The number of likely N-dealkylation sites (tertiary alicyclic amines) is 1. The van der Waals surface area contributed by atoms with Gasteiger partial charge in [0.2, 0.25) is 0 Å². The summed E-state index contributed by atoms with van der Waals surface area (Å²) in [6.45, 7) is 2.12. The second-order valence-electron chi connectivity index (χ2n) is 4.71. The number of hydrogen-bond donors (Lipinski definition) is 2. The quantitative estimate of drug-likeness (QED) is 0.899. The highest BCUT2D eigenvalue weighted by molar-refractivity contribution is 6.33. The number of halogens is 2. The highest BCUT2D eigenvalue weighted by atomic mass is 35.5. The van der Waals surface area contributed by atoms with E-state index in [0.29, 0.717) is 22.2 Å². The molecule has 0 amide bonds. The summed E-state index contributed by atoms with van der Waals surface area (Å²) in [7, 11) is 0. The Kier molecular flexibility index (Phi) is 4.87. The molecule has 0 aliphatic carbocycles. The zero-order valence-corrected chi connectivity index (χ0v) is 11.5. The van der Waals surface area contributed by atoms with Crippen LogP contribution < -0.4 is 0 Å². The predicted octanol–water partition coefficient (Wildman–Crippen LogP) is 2.48. The number of piperidine rings is 1. The van der Waals surface area contributed by atoms with Gasteiger partial charge in [0.1, 0.15) is 0 Å². The van der Waals surface area contributed by atoms with Crippen LogP contribution in [-0.4, -0.2) is 40.9 Å². The minimum atomic E-state index is -0.647. The topological polar surface area (TPSA) is 43.7 Å². The highest BCUT2D eigenvalue weighted by Gasteiger charge is 2.21. The molecule has 1 aromatic carbocycles. The molecule has 2 N–H and O–H groups in total. The van der Waals surface area contributed by atoms with Gasteiger partial charge in [0.15, 0.2) is 0 Å². The molecule has 1 unspecified atom stereocenters. The smallest absolute Gasteiger partial charge is 0.0931 e. The molecule has 0 radical (unpaired) electrons. The Bertz CT molecular complexity index is 406. The minimum absolute atomic E-state index is 0.201. The number of benzene rings is 1. The molecule has 0 saturated carbocycles. The van der Waals surface area contributed by atoms with Crippen molar-refractivity contribution in [2.45, 2.75) is 25.0 Å². The van der Waals surface area contributed by atoms with Gasteiger partial charge in [0.05, 0.1) is 12.2 Å². The lowest BCUT2D eigenvalue weighted by Gasteiger charge is -2.31. The lowest BCUT2D eigenvalue weighted by Crippen LogP contribution is -2.38. The van der Waals surface area contributed by atoms with Crippen molar-refractivity contribution in [2.75, 3.05) is 19.6 Å². The predicted molar refractivity (Wildman–Crippen MR) is 73.1 cm³/mol. The molecule has 1 aliphatic rings. The highest BCUT2D eigenvalue weighted by Crippen LogP contribution is 2.27. The molecule has 0 bridgehead atoms. The normalized spacial score (nSPS) is 20.0. The van der Waals surface area contributed by atoms with Gasteiger partial charge in [0.25, 0.3) is 0 Å². The first-order valence-corrected chi connectivity index (χ1v) is 6.85. The summed E-state index contributed by atoms with van der Waals surface area (Å²) >= 11 is 12.0. The summed E-state index contributed by atoms with van der Waals surface area (Å²) in [5.74, 6) is 0. The maximum absolute atomic E-state index is 10.2. The first-order chi connectivity index (χ1) is 8.56. The molecule has 18 heavy (non-hydrogen) atoms. The summed E-state index contributed by atoms with van der Waals surface area (Å²) in [6.07, 6.45) is 0.672. The van der Waals surface area contributed by atoms with E-state index in [1.165, 1.54) is 0 Å². The van der Waals surface area contributed by atoms with Gasteiger partial charge in [-0.05, 0) is 31.0 Å². The first-order valence-electron chi connectivity index (χ1n) is 6.09. The van der Waals surface area contributed by atoms with Crippen molar-refractivity contribution in [3.05, 3.63) is 33.8 Å². The van der Waals surface area contributed by atoms with Gasteiger partial charge in [-0.2, -0.15) is 0 Å². The van der Waals surface area contributed by atoms with Crippen molar-refractivity contribution in [1.29, 1.82) is 0 Å². The number of nitrogens with zero attached hydrogens (tertiary/aromatic N) is 1. The molecular weight excluding hydrogens is 273 g/mol. The van der Waals surface area contributed by atoms with Crippen molar-refractivity contribution in [3.63, 3.8) is 0 Å². The molecule has 2 rings (SSSR count). The summed E-state index contributed by atoms with van der Waals surface area (Å²) < 4.78 is 0. The van der Waals surface area contributed by atoms with Crippen LogP contribution in [0.25, 0.3) is 0 Å². The number of β-amino-alcohol motifs (C(OH)–C–C–N with tert-alkyl or cyclic N) is 1. The number of aliphatic hydroxyl groups is 2. The third-order valence-electron chi connectivity index (χ3n) is 3.31. The van der Waals surface area contributed by atoms with Crippen molar-refractivity contribution in [3.8, 4) is 0 Å². The van der Waals surface area contributed by atoms with E-state index in [1.807, 2.05) is 0 Å². The third kappa shape index (κ3) is 3.59. The van der Waals surface area contributed by atoms with E-state index in [0.717, 1.165) is 25.9 Å². The van der Waals surface area contributed by atoms with E-state index in [-0.39, 0.29) is 6.10 Å². The van der Waals surface area contributed by atoms with Gasteiger partial charge in [-0.15, -0.1) is 0 Å². The lowest BCUT2D eigenvalue weighted by atomic mass is 10.1. The first kappa shape index (κ1) is 14.1. The molecule has 1 aromatic rings. The summed E-state index contributed by atoms with van der Waals surface area (Å²) in [6, 6.07) is 5.10. The molecule has 5 heteroatoms. The average Bonchev–Trinajstić information content (AvgIpc) is 2.35. The van der Waals surface area contributed by atoms with E-state index >= 15 is 0 Å². The molecule has 0 spiro atoms. The van der Waals surface area contributed by atoms with Crippen LogP contribution in [0.3, 0.4) is 0 Å². The molecule has 1 atom stereocenters. The van der Waals surface area contributed by atoms with Gasteiger partial charge in [-0.25, -0.2) is 0 Å². The van der Waals surface area contributed by atoms with Crippen LogP contribution in [0.5, 0.6) is 0 Å². The van der Waals surface area contributed by atoms with Crippen molar-refractivity contribution >= 4 is 23.2 Å². The fourth-order valence-corrected chi connectivity index (χ4v) is 2.64. The number of aliphatic hydroxyl groups excluding tert-OH is 2. The summed E-state index contributed by atoms with van der Waals surface area (Å²) in [4.78, 5) is 2.13. The van der Waals surface area contributed by atoms with Crippen LogP contribution >= 0.6 is 23.2 Å². The van der Waals surface area contributed by atoms with Crippen LogP contribution in [0.4, 0.5) is 0 Å². The van der Waals surface area contributed by atoms with E-state index in [4.69, 9.17) is 23.2 Å². The Labute approximate surface area is 117 Å². The Hall–Kier alpha value is -0.320. The molecular formula is C13H17Cl2NO2. The Morgan fingerprint density at radius 2 is 1.94 bits per heavy atom. The maximum Gasteiger partial charge on any atom is 0.0931 e. The second-order valence-corrected chi connectivity index (χ2v) is 5.56. The molecule has 0 aromatic heterocycles. The molecule has 1 saturated heterocycles. The largest absolute Gasteiger partial charge is 0.393 e. The van der Waals surface area contributed by atoms with Crippen LogP contribution in [0.15, 0.2) is 18.2 Å². The Morgan fingerprint density at radius 3 is 2.61 bits per heavy atom. The zero-order valence-electron chi connectivity index (χ0n) is 10.0. The van der Waals surface area contributed by atoms with Crippen LogP contribution in [0, 0.1) is 0 Å². The van der Waals surface area contributed by atoms with Crippen LogP contribution in [0.2, 0.25) is 10.0 Å². The van der Waals surface area contributed by atoms with Crippen molar-refractivity contribution < 1.29 is 10.2 Å². The van der Waals surface area contributed by atoms with Gasteiger partial charge in [-0.3, -0.25) is 0 Å². The zero-order chi connectivity index (χ0) is 13.1.